The number of aromatic nitrogens is 1. The minimum atomic E-state index is -4.89. The van der Waals surface area contributed by atoms with Gasteiger partial charge in [-0.25, -0.2) is 4.39 Å². The topological polar surface area (TPSA) is 42.4 Å². The second kappa shape index (κ2) is 7.57. The van der Waals surface area contributed by atoms with E-state index in [9.17, 15) is 22.7 Å². The lowest BCUT2D eigenvalue weighted by Crippen LogP contribution is -2.50. The molecule has 1 N–H and O–H groups in total. The van der Waals surface area contributed by atoms with E-state index in [4.69, 9.17) is 4.74 Å². The number of aliphatic hydroxyl groups is 1. The van der Waals surface area contributed by atoms with E-state index in [1.807, 2.05) is 0 Å². The van der Waals surface area contributed by atoms with Gasteiger partial charge in [0.05, 0.1) is 11.8 Å². The minimum absolute atomic E-state index is 0.0556. The third kappa shape index (κ3) is 4.38. The van der Waals surface area contributed by atoms with Gasteiger partial charge < -0.3 is 9.84 Å². The fourth-order valence-corrected chi connectivity index (χ4v) is 4.69. The van der Waals surface area contributed by atoms with Crippen LogP contribution in [0.2, 0.25) is 0 Å². The van der Waals surface area contributed by atoms with E-state index in [2.05, 4.69) is 4.98 Å². The fraction of sp³-hybridized carbons (Fsp3) is 0.381. The van der Waals surface area contributed by atoms with Gasteiger partial charge in [0.1, 0.15) is 11.6 Å². The zero-order valence-corrected chi connectivity index (χ0v) is 17.0. The lowest BCUT2D eigenvalue weighted by molar-refractivity contribution is -0.266. The largest absolute Gasteiger partial charge is 0.497 e. The molecule has 0 saturated heterocycles. The summed E-state index contributed by atoms with van der Waals surface area (Å²) < 4.78 is 62.1. The third-order valence-electron chi connectivity index (χ3n) is 5.01. The van der Waals surface area contributed by atoms with Crippen molar-refractivity contribution >= 4 is 21.4 Å². The second-order valence-electron chi connectivity index (χ2n) is 7.74. The summed E-state index contributed by atoms with van der Waals surface area (Å²) in [5.41, 5.74) is -4.28. The SMILES string of the molecule is COc1ccc(F)c(C(C)(C)CC(O)(Cc2cc3ccncc3s2)C(F)(F)F)c1. The molecule has 1 atom stereocenters. The highest BCUT2D eigenvalue weighted by molar-refractivity contribution is 7.19. The van der Waals surface area contributed by atoms with Crippen LogP contribution in [-0.4, -0.2) is 29.0 Å². The van der Waals surface area contributed by atoms with Gasteiger partial charge in [0.2, 0.25) is 0 Å². The highest BCUT2D eigenvalue weighted by Gasteiger charge is 2.56. The van der Waals surface area contributed by atoms with Crippen LogP contribution in [-0.2, 0) is 11.8 Å². The molecule has 0 bridgehead atoms. The lowest BCUT2D eigenvalue weighted by Gasteiger charge is -2.38. The molecule has 0 aliphatic heterocycles. The second-order valence-corrected chi connectivity index (χ2v) is 8.91. The van der Waals surface area contributed by atoms with Crippen LogP contribution in [0.1, 0.15) is 30.7 Å². The molecule has 2 aromatic heterocycles. The van der Waals surface area contributed by atoms with Crippen LogP contribution >= 0.6 is 11.3 Å². The van der Waals surface area contributed by atoms with Crippen molar-refractivity contribution in [2.75, 3.05) is 7.11 Å². The molecule has 0 fully saturated rings. The van der Waals surface area contributed by atoms with Crippen LogP contribution < -0.4 is 4.74 Å². The Morgan fingerprint density at radius 1 is 1.14 bits per heavy atom. The van der Waals surface area contributed by atoms with Crippen molar-refractivity contribution in [3.8, 4) is 5.75 Å². The average molecular weight is 427 g/mol. The molecule has 0 spiro atoms. The average Bonchev–Trinajstić information content (AvgIpc) is 3.02. The molecule has 0 radical (unpaired) electrons. The molecule has 2 heterocycles. The summed E-state index contributed by atoms with van der Waals surface area (Å²) in [6.45, 7) is 2.97. The summed E-state index contributed by atoms with van der Waals surface area (Å²) >= 11 is 1.15. The number of rotatable bonds is 6. The number of benzene rings is 1. The zero-order valence-electron chi connectivity index (χ0n) is 16.2. The van der Waals surface area contributed by atoms with Gasteiger partial charge in [0.25, 0.3) is 0 Å². The smallest absolute Gasteiger partial charge is 0.417 e. The lowest BCUT2D eigenvalue weighted by atomic mass is 9.73. The number of nitrogens with zero attached hydrogens (tertiary/aromatic N) is 1. The van der Waals surface area contributed by atoms with Crippen LogP contribution in [0, 0.1) is 5.82 Å². The van der Waals surface area contributed by atoms with Crippen molar-refractivity contribution in [3.63, 3.8) is 0 Å². The Morgan fingerprint density at radius 3 is 2.48 bits per heavy atom. The van der Waals surface area contributed by atoms with Crippen LogP contribution in [0.4, 0.5) is 17.6 Å². The first kappa shape index (κ1) is 21.5. The highest BCUT2D eigenvalue weighted by atomic mass is 32.1. The maximum atomic E-state index is 14.4. The molecule has 0 aliphatic carbocycles. The van der Waals surface area contributed by atoms with E-state index in [0.29, 0.717) is 10.6 Å². The Bertz CT molecular complexity index is 982. The van der Waals surface area contributed by atoms with Crippen LogP contribution in [0.15, 0.2) is 42.7 Å². The molecule has 3 rings (SSSR count). The summed E-state index contributed by atoms with van der Waals surface area (Å²) in [4.78, 5) is 4.35. The quantitative estimate of drug-likeness (QED) is 0.517. The van der Waals surface area contributed by atoms with Crippen molar-refractivity contribution in [1.29, 1.82) is 0 Å². The van der Waals surface area contributed by atoms with Gasteiger partial charge in [0.15, 0.2) is 5.60 Å². The molecular formula is C21H21F4NO2S. The Kier molecular flexibility index (Phi) is 5.62. The number of hydrogen-bond donors (Lipinski definition) is 1. The summed E-state index contributed by atoms with van der Waals surface area (Å²) in [7, 11) is 1.40. The van der Waals surface area contributed by atoms with E-state index in [1.54, 1.807) is 24.5 Å². The Morgan fingerprint density at radius 2 is 1.86 bits per heavy atom. The predicted molar refractivity (Wildman–Crippen MR) is 105 cm³/mol. The third-order valence-corrected chi connectivity index (χ3v) is 6.09. The number of hydrogen-bond acceptors (Lipinski definition) is 4. The molecule has 1 aromatic carbocycles. The molecule has 29 heavy (non-hydrogen) atoms. The minimum Gasteiger partial charge on any atom is -0.497 e. The highest BCUT2D eigenvalue weighted by Crippen LogP contribution is 2.45. The molecule has 3 aromatic rings. The van der Waals surface area contributed by atoms with Crippen molar-refractivity contribution in [1.82, 2.24) is 4.98 Å². The van der Waals surface area contributed by atoms with Gasteiger partial charge in [-0.05, 0) is 53.1 Å². The van der Waals surface area contributed by atoms with Gasteiger partial charge in [-0.15, -0.1) is 11.3 Å². The molecular weight excluding hydrogens is 406 g/mol. The van der Waals surface area contributed by atoms with Crippen molar-refractivity contribution < 1.29 is 27.4 Å². The van der Waals surface area contributed by atoms with Crippen LogP contribution in [0.25, 0.3) is 10.1 Å². The monoisotopic (exact) mass is 427 g/mol. The summed E-state index contributed by atoms with van der Waals surface area (Å²) in [5.74, 6) is -0.310. The van der Waals surface area contributed by atoms with Crippen molar-refractivity contribution in [2.24, 2.45) is 0 Å². The van der Waals surface area contributed by atoms with Crippen LogP contribution in [0.3, 0.4) is 0 Å². The van der Waals surface area contributed by atoms with E-state index in [-0.39, 0.29) is 5.56 Å². The number of methoxy groups -OCH3 is 1. The van der Waals surface area contributed by atoms with E-state index < -0.39 is 35.9 Å². The molecule has 1 unspecified atom stereocenters. The maximum absolute atomic E-state index is 14.4. The van der Waals surface area contributed by atoms with E-state index in [1.165, 1.54) is 33.1 Å². The van der Waals surface area contributed by atoms with Crippen molar-refractivity contribution in [3.05, 3.63) is 59.0 Å². The predicted octanol–water partition coefficient (Wildman–Crippen LogP) is 5.65. The molecule has 3 nitrogen and oxygen atoms in total. The standard InChI is InChI=1S/C21H21F4NO2S/c1-19(2,16-9-14(28-3)4-5-17(16)22)12-20(27,21(23,24)25)10-15-8-13-6-7-26-11-18(13)29-15/h4-9,11,27H,10,12H2,1-3H3. The summed E-state index contributed by atoms with van der Waals surface area (Å²) in [6.07, 6.45) is -3.09. The van der Waals surface area contributed by atoms with Gasteiger partial charge in [-0.3, -0.25) is 4.98 Å². The number of alkyl halides is 3. The Balaban J connectivity index is 1.97. The number of pyridine rings is 1. The van der Waals surface area contributed by atoms with Gasteiger partial charge in [-0.2, -0.15) is 13.2 Å². The van der Waals surface area contributed by atoms with Crippen LogP contribution in [0.5, 0.6) is 5.75 Å². The van der Waals surface area contributed by atoms with Gasteiger partial charge in [-0.1, -0.05) is 13.8 Å². The summed E-state index contributed by atoms with van der Waals surface area (Å²) in [6, 6.07) is 7.25. The van der Waals surface area contributed by atoms with E-state index in [0.717, 1.165) is 27.5 Å². The molecule has 156 valence electrons. The zero-order chi connectivity index (χ0) is 21.4. The summed E-state index contributed by atoms with van der Waals surface area (Å²) in [5, 5.41) is 11.5. The molecule has 0 aliphatic rings. The number of halogens is 4. The number of ether oxygens (including phenoxy) is 1. The van der Waals surface area contributed by atoms with E-state index >= 15 is 0 Å². The van der Waals surface area contributed by atoms with Gasteiger partial charge in [0, 0.05) is 23.7 Å². The van der Waals surface area contributed by atoms with Crippen molar-refractivity contribution in [2.45, 2.75) is 43.9 Å². The first-order valence-electron chi connectivity index (χ1n) is 8.91. The fourth-order valence-electron chi connectivity index (χ4n) is 3.55. The normalized spacial score (nSPS) is 14.8. The first-order valence-corrected chi connectivity index (χ1v) is 9.72. The number of thiophene rings is 1. The molecule has 8 heteroatoms. The molecule has 0 saturated carbocycles. The van der Waals surface area contributed by atoms with Gasteiger partial charge >= 0.3 is 6.18 Å². The molecule has 0 amide bonds. The maximum Gasteiger partial charge on any atom is 0.417 e. The number of fused-ring (bicyclic) bond motifs is 1. The Labute approximate surface area is 170 Å². The Hall–Kier alpha value is -2.19. The first-order chi connectivity index (χ1) is 13.4.